The molecular formula is C26H32N4O4. The van der Waals surface area contributed by atoms with Crippen LogP contribution in [0.4, 0.5) is 10.5 Å². The van der Waals surface area contributed by atoms with Crippen molar-refractivity contribution in [3.8, 4) is 11.5 Å². The van der Waals surface area contributed by atoms with E-state index in [4.69, 9.17) is 14.2 Å². The van der Waals surface area contributed by atoms with E-state index in [1.165, 1.54) is 11.9 Å². The van der Waals surface area contributed by atoms with E-state index in [9.17, 15) is 4.79 Å². The number of hydrogen-bond donors (Lipinski definition) is 2. The number of carbonyl (C=O) groups excluding carboxylic acids is 1. The fourth-order valence-electron chi connectivity index (χ4n) is 4.31. The summed E-state index contributed by atoms with van der Waals surface area (Å²) in [6.07, 6.45) is 3.38. The van der Waals surface area contributed by atoms with Gasteiger partial charge in [0.2, 0.25) is 0 Å². The summed E-state index contributed by atoms with van der Waals surface area (Å²) in [5.74, 6) is 1.57. The number of benzene rings is 2. The summed E-state index contributed by atoms with van der Waals surface area (Å²) in [7, 11) is 3.17. The number of amides is 1. The molecule has 1 aliphatic rings. The highest BCUT2D eigenvalue weighted by atomic mass is 16.6. The molecule has 0 saturated carbocycles. The van der Waals surface area contributed by atoms with E-state index in [-0.39, 0.29) is 6.04 Å². The van der Waals surface area contributed by atoms with Crippen molar-refractivity contribution in [2.24, 2.45) is 0 Å². The van der Waals surface area contributed by atoms with Gasteiger partial charge < -0.3 is 19.5 Å². The third kappa shape index (κ3) is 5.22. The lowest BCUT2D eigenvalue weighted by Gasteiger charge is -2.31. The van der Waals surface area contributed by atoms with Gasteiger partial charge in [-0.05, 0) is 49.1 Å². The van der Waals surface area contributed by atoms with E-state index < -0.39 is 12.2 Å². The third-order valence-electron chi connectivity index (χ3n) is 6.21. The molecule has 34 heavy (non-hydrogen) atoms. The second-order valence-electron chi connectivity index (χ2n) is 8.77. The van der Waals surface area contributed by atoms with Crippen LogP contribution in [0.5, 0.6) is 11.5 Å². The van der Waals surface area contributed by atoms with Crippen LogP contribution in [0.15, 0.2) is 42.7 Å². The van der Waals surface area contributed by atoms with Crippen LogP contribution in [0.25, 0.3) is 10.9 Å². The summed E-state index contributed by atoms with van der Waals surface area (Å²) >= 11 is 0. The first-order valence-corrected chi connectivity index (χ1v) is 11.7. The van der Waals surface area contributed by atoms with Crippen molar-refractivity contribution in [1.29, 1.82) is 0 Å². The van der Waals surface area contributed by atoms with E-state index >= 15 is 0 Å². The summed E-state index contributed by atoms with van der Waals surface area (Å²) < 4.78 is 16.9. The van der Waals surface area contributed by atoms with E-state index in [0.717, 1.165) is 31.2 Å². The SMILES string of the molecule is COc1cc2ncnc(C(OC(=O)Nc3ccc(C(C)C)cc3)C3CCCCN3)c2cc1OC. The molecular weight excluding hydrogens is 432 g/mol. The molecule has 8 heteroatoms. The minimum atomic E-state index is -0.598. The molecule has 8 nitrogen and oxygen atoms in total. The lowest BCUT2D eigenvalue weighted by Crippen LogP contribution is -2.41. The van der Waals surface area contributed by atoms with Gasteiger partial charge in [0.15, 0.2) is 17.6 Å². The maximum absolute atomic E-state index is 13.0. The van der Waals surface area contributed by atoms with E-state index in [1.807, 2.05) is 30.3 Å². The zero-order chi connectivity index (χ0) is 24.1. The molecule has 2 unspecified atom stereocenters. The molecule has 1 aromatic heterocycles. The molecule has 0 spiro atoms. The monoisotopic (exact) mass is 464 g/mol. The number of aromatic nitrogens is 2. The quantitative estimate of drug-likeness (QED) is 0.496. The highest BCUT2D eigenvalue weighted by molar-refractivity contribution is 5.87. The van der Waals surface area contributed by atoms with Crippen LogP contribution < -0.4 is 20.1 Å². The number of nitrogens with one attached hydrogen (secondary N) is 2. The van der Waals surface area contributed by atoms with Gasteiger partial charge in [0.1, 0.15) is 6.33 Å². The number of hydrogen-bond acceptors (Lipinski definition) is 7. The van der Waals surface area contributed by atoms with Crippen LogP contribution in [-0.2, 0) is 4.74 Å². The van der Waals surface area contributed by atoms with Gasteiger partial charge in [-0.2, -0.15) is 0 Å². The Morgan fingerprint density at radius 2 is 1.79 bits per heavy atom. The predicted octanol–water partition coefficient (Wildman–Crippen LogP) is 5.20. The number of carbonyl (C=O) groups is 1. The van der Waals surface area contributed by atoms with Gasteiger partial charge in [-0.3, -0.25) is 5.32 Å². The first-order valence-electron chi connectivity index (χ1n) is 11.7. The van der Waals surface area contributed by atoms with E-state index in [0.29, 0.717) is 34.3 Å². The van der Waals surface area contributed by atoms with Crippen LogP contribution >= 0.6 is 0 Å². The van der Waals surface area contributed by atoms with Crippen molar-refractivity contribution < 1.29 is 19.0 Å². The van der Waals surface area contributed by atoms with E-state index in [1.54, 1.807) is 20.3 Å². The molecule has 2 atom stereocenters. The molecule has 1 amide bonds. The van der Waals surface area contributed by atoms with Crippen molar-refractivity contribution in [2.75, 3.05) is 26.1 Å². The van der Waals surface area contributed by atoms with Crippen molar-refractivity contribution in [3.05, 3.63) is 54.0 Å². The molecule has 1 aliphatic heterocycles. The molecule has 2 aromatic carbocycles. The Labute approximate surface area is 200 Å². The Morgan fingerprint density at radius 1 is 1.06 bits per heavy atom. The molecule has 2 N–H and O–H groups in total. The van der Waals surface area contributed by atoms with Crippen molar-refractivity contribution in [1.82, 2.24) is 15.3 Å². The Balaban J connectivity index is 1.65. The molecule has 0 aliphatic carbocycles. The van der Waals surface area contributed by atoms with Gasteiger partial charge in [0, 0.05) is 17.1 Å². The molecule has 0 radical (unpaired) electrons. The van der Waals surface area contributed by atoms with E-state index in [2.05, 4.69) is 34.4 Å². The standard InChI is InChI=1S/C26H32N4O4/c1-16(2)17-8-10-18(11-9-17)30-26(31)34-25(20-7-5-6-12-27-20)24-19-13-22(32-3)23(33-4)14-21(19)28-15-29-24/h8-11,13-16,20,25,27H,5-7,12H2,1-4H3,(H,30,31). The van der Waals surface area contributed by atoms with Crippen LogP contribution in [-0.4, -0.2) is 42.9 Å². The average Bonchev–Trinajstić information content (AvgIpc) is 2.87. The second kappa shape index (κ2) is 10.7. The normalized spacial score (nSPS) is 16.8. The summed E-state index contributed by atoms with van der Waals surface area (Å²) in [6, 6.07) is 11.4. The maximum atomic E-state index is 13.0. The molecule has 4 rings (SSSR count). The van der Waals surface area contributed by atoms with Crippen LogP contribution in [0.2, 0.25) is 0 Å². The Hall–Kier alpha value is -3.39. The molecule has 180 valence electrons. The summed E-state index contributed by atoms with van der Waals surface area (Å²) in [6.45, 7) is 5.13. The van der Waals surface area contributed by atoms with Gasteiger partial charge >= 0.3 is 6.09 Å². The molecule has 1 fully saturated rings. The third-order valence-corrected chi connectivity index (χ3v) is 6.21. The van der Waals surface area contributed by atoms with Crippen molar-refractivity contribution in [2.45, 2.75) is 51.2 Å². The first kappa shape index (κ1) is 23.8. The number of ether oxygens (including phenoxy) is 3. The number of methoxy groups -OCH3 is 2. The fourth-order valence-corrected chi connectivity index (χ4v) is 4.31. The molecule has 2 heterocycles. The topological polar surface area (TPSA) is 94.6 Å². The highest BCUT2D eigenvalue weighted by Gasteiger charge is 2.31. The average molecular weight is 465 g/mol. The maximum Gasteiger partial charge on any atom is 0.412 e. The fraction of sp³-hybridized carbons (Fsp3) is 0.423. The second-order valence-corrected chi connectivity index (χ2v) is 8.77. The minimum absolute atomic E-state index is 0.0611. The number of piperidine rings is 1. The smallest absolute Gasteiger partial charge is 0.412 e. The van der Waals surface area contributed by atoms with Crippen molar-refractivity contribution in [3.63, 3.8) is 0 Å². The number of anilines is 1. The lowest BCUT2D eigenvalue weighted by atomic mass is 9.95. The Bertz CT molecular complexity index is 1130. The van der Waals surface area contributed by atoms with Gasteiger partial charge in [0.25, 0.3) is 0 Å². The predicted molar refractivity (Wildman–Crippen MR) is 132 cm³/mol. The Morgan fingerprint density at radius 3 is 2.44 bits per heavy atom. The highest BCUT2D eigenvalue weighted by Crippen LogP contribution is 2.36. The van der Waals surface area contributed by atoms with Crippen LogP contribution in [0, 0.1) is 0 Å². The van der Waals surface area contributed by atoms with Gasteiger partial charge in [-0.1, -0.05) is 32.4 Å². The molecule has 1 saturated heterocycles. The number of fused-ring (bicyclic) bond motifs is 1. The largest absolute Gasteiger partial charge is 0.493 e. The van der Waals surface area contributed by atoms with Crippen molar-refractivity contribution >= 4 is 22.7 Å². The molecule has 0 bridgehead atoms. The number of nitrogens with zero attached hydrogens (tertiary/aromatic N) is 2. The Kier molecular flexibility index (Phi) is 7.47. The molecule has 3 aromatic rings. The van der Waals surface area contributed by atoms with Crippen LogP contribution in [0.3, 0.4) is 0 Å². The first-order chi connectivity index (χ1) is 16.5. The zero-order valence-electron chi connectivity index (χ0n) is 20.1. The van der Waals surface area contributed by atoms with Gasteiger partial charge in [0.05, 0.1) is 31.5 Å². The number of rotatable bonds is 7. The summed E-state index contributed by atoms with van der Waals surface area (Å²) in [5.41, 5.74) is 3.22. The minimum Gasteiger partial charge on any atom is -0.493 e. The van der Waals surface area contributed by atoms with Gasteiger partial charge in [-0.15, -0.1) is 0 Å². The van der Waals surface area contributed by atoms with Gasteiger partial charge in [-0.25, -0.2) is 14.8 Å². The van der Waals surface area contributed by atoms with Crippen LogP contribution in [0.1, 0.15) is 56.4 Å². The summed E-state index contributed by atoms with van der Waals surface area (Å²) in [5, 5.41) is 7.12. The summed E-state index contributed by atoms with van der Waals surface area (Å²) in [4.78, 5) is 21.9. The lowest BCUT2D eigenvalue weighted by molar-refractivity contribution is 0.0745. The zero-order valence-corrected chi connectivity index (χ0v) is 20.1.